The van der Waals surface area contributed by atoms with E-state index in [-0.39, 0.29) is 21.8 Å². The predicted octanol–water partition coefficient (Wildman–Crippen LogP) is 2.09. The summed E-state index contributed by atoms with van der Waals surface area (Å²) >= 11 is 5.85. The van der Waals surface area contributed by atoms with Gasteiger partial charge in [0.05, 0.1) is 22.7 Å². The first-order valence-electron chi connectivity index (χ1n) is 6.90. The first-order valence-corrected chi connectivity index (χ1v) is 7.28. The summed E-state index contributed by atoms with van der Waals surface area (Å²) < 4.78 is 26.3. The van der Waals surface area contributed by atoms with E-state index in [4.69, 9.17) is 17.3 Å². The first-order chi connectivity index (χ1) is 11.8. The summed E-state index contributed by atoms with van der Waals surface area (Å²) in [4.78, 5) is 34.6. The van der Waals surface area contributed by atoms with Crippen molar-refractivity contribution in [3.8, 4) is 0 Å². The van der Waals surface area contributed by atoms with Gasteiger partial charge < -0.3 is 16.4 Å². The second kappa shape index (κ2) is 7.71. The lowest BCUT2D eigenvalue weighted by Crippen LogP contribution is -2.33. The van der Waals surface area contributed by atoms with Gasteiger partial charge in [-0.2, -0.15) is 0 Å². The van der Waals surface area contributed by atoms with Gasteiger partial charge >= 0.3 is 0 Å². The summed E-state index contributed by atoms with van der Waals surface area (Å²) in [5.74, 6) is -4.04. The Labute approximate surface area is 146 Å². The molecule has 25 heavy (non-hydrogen) atoms. The first kappa shape index (κ1) is 18.3. The average molecular weight is 368 g/mol. The third kappa shape index (κ3) is 4.74. The van der Waals surface area contributed by atoms with Crippen molar-refractivity contribution in [2.75, 3.05) is 11.9 Å². The van der Waals surface area contributed by atoms with E-state index in [1.54, 1.807) is 0 Å². The number of hydrogen-bond donors (Lipinski definition) is 3. The molecule has 4 N–H and O–H groups in total. The minimum Gasteiger partial charge on any atom is -0.366 e. The third-order valence-corrected chi connectivity index (χ3v) is 3.42. The van der Waals surface area contributed by atoms with Crippen LogP contribution in [0.5, 0.6) is 0 Å². The minimum atomic E-state index is -1.04. The fourth-order valence-corrected chi connectivity index (χ4v) is 2.20. The van der Waals surface area contributed by atoms with Crippen molar-refractivity contribution < 1.29 is 23.2 Å². The van der Waals surface area contributed by atoms with Crippen LogP contribution in [0.25, 0.3) is 0 Å². The Kier molecular flexibility index (Phi) is 5.66. The lowest BCUT2D eigenvalue weighted by Gasteiger charge is -2.09. The van der Waals surface area contributed by atoms with Crippen molar-refractivity contribution >= 4 is 35.0 Å². The van der Waals surface area contributed by atoms with E-state index in [1.807, 2.05) is 0 Å². The molecule has 9 heteroatoms. The van der Waals surface area contributed by atoms with Gasteiger partial charge in [0.1, 0.15) is 11.6 Å². The summed E-state index contributed by atoms with van der Waals surface area (Å²) in [6, 6.07) is 6.54. The van der Waals surface area contributed by atoms with Crippen LogP contribution in [0.3, 0.4) is 0 Å². The average Bonchev–Trinajstić information content (AvgIpc) is 2.52. The number of amides is 3. The van der Waals surface area contributed by atoms with Crippen LogP contribution in [0, 0.1) is 11.6 Å². The molecule has 0 unspecified atom stereocenters. The van der Waals surface area contributed by atoms with E-state index in [9.17, 15) is 23.2 Å². The molecule has 2 aromatic carbocycles. The summed E-state index contributed by atoms with van der Waals surface area (Å²) in [6.45, 7) is -0.454. The van der Waals surface area contributed by atoms with Crippen molar-refractivity contribution in [1.82, 2.24) is 5.32 Å². The molecule has 0 spiro atoms. The Morgan fingerprint density at radius 3 is 2.32 bits per heavy atom. The van der Waals surface area contributed by atoms with E-state index >= 15 is 0 Å². The molecule has 3 amide bonds. The molecular formula is C16H12ClF2N3O3. The van der Waals surface area contributed by atoms with Crippen LogP contribution in [-0.2, 0) is 4.79 Å². The lowest BCUT2D eigenvalue weighted by molar-refractivity contribution is -0.115. The molecule has 0 fully saturated rings. The molecule has 0 saturated heterocycles. The maximum atomic E-state index is 13.5. The van der Waals surface area contributed by atoms with E-state index < -0.39 is 35.9 Å². The maximum absolute atomic E-state index is 13.5. The zero-order chi connectivity index (χ0) is 18.6. The second-order valence-electron chi connectivity index (χ2n) is 4.91. The van der Waals surface area contributed by atoms with Crippen LogP contribution in [-0.4, -0.2) is 24.3 Å². The van der Waals surface area contributed by atoms with Crippen LogP contribution in [0.1, 0.15) is 20.7 Å². The van der Waals surface area contributed by atoms with E-state index in [0.29, 0.717) is 6.07 Å². The highest BCUT2D eigenvalue weighted by molar-refractivity contribution is 6.34. The molecule has 0 atom stereocenters. The van der Waals surface area contributed by atoms with Gasteiger partial charge in [0.2, 0.25) is 11.8 Å². The highest BCUT2D eigenvalue weighted by atomic mass is 35.5. The number of anilines is 1. The van der Waals surface area contributed by atoms with Crippen molar-refractivity contribution in [2.45, 2.75) is 0 Å². The topological polar surface area (TPSA) is 101 Å². The minimum absolute atomic E-state index is 0.0581. The summed E-state index contributed by atoms with van der Waals surface area (Å²) in [5, 5.41) is 4.70. The smallest absolute Gasteiger partial charge is 0.254 e. The number of halogens is 3. The Morgan fingerprint density at radius 2 is 1.72 bits per heavy atom. The van der Waals surface area contributed by atoms with Gasteiger partial charge in [-0.15, -0.1) is 0 Å². The molecule has 2 aromatic rings. The van der Waals surface area contributed by atoms with Gasteiger partial charge in [0.15, 0.2) is 0 Å². The number of hydrogen-bond acceptors (Lipinski definition) is 3. The van der Waals surface area contributed by atoms with E-state index in [0.717, 1.165) is 12.1 Å². The lowest BCUT2D eigenvalue weighted by atomic mass is 10.2. The normalized spacial score (nSPS) is 10.2. The highest BCUT2D eigenvalue weighted by Crippen LogP contribution is 2.20. The SMILES string of the molecule is NC(=O)c1ccc(NC(=O)CNC(=O)c2ccc(F)cc2F)cc1Cl. The van der Waals surface area contributed by atoms with Gasteiger partial charge in [-0.25, -0.2) is 8.78 Å². The Bertz CT molecular complexity index is 859. The number of carbonyl (C=O) groups excluding carboxylic acids is 3. The molecule has 0 aliphatic rings. The predicted molar refractivity (Wildman–Crippen MR) is 87.3 cm³/mol. The molecule has 0 bridgehead atoms. The molecular weight excluding hydrogens is 356 g/mol. The molecule has 0 saturated carbocycles. The zero-order valence-corrected chi connectivity index (χ0v) is 13.4. The Morgan fingerprint density at radius 1 is 1.04 bits per heavy atom. The molecule has 0 aliphatic heterocycles. The van der Waals surface area contributed by atoms with Crippen molar-refractivity contribution in [1.29, 1.82) is 0 Å². The third-order valence-electron chi connectivity index (χ3n) is 3.10. The van der Waals surface area contributed by atoms with Crippen LogP contribution < -0.4 is 16.4 Å². The molecule has 0 heterocycles. The molecule has 2 rings (SSSR count). The number of carbonyl (C=O) groups is 3. The largest absolute Gasteiger partial charge is 0.366 e. The Balaban J connectivity index is 1.95. The van der Waals surface area contributed by atoms with E-state index in [1.165, 1.54) is 18.2 Å². The van der Waals surface area contributed by atoms with Crippen molar-refractivity contribution in [3.63, 3.8) is 0 Å². The number of rotatable bonds is 5. The number of nitrogens with one attached hydrogen (secondary N) is 2. The highest BCUT2D eigenvalue weighted by Gasteiger charge is 2.14. The van der Waals surface area contributed by atoms with Crippen LogP contribution in [0.15, 0.2) is 36.4 Å². The quantitative estimate of drug-likeness (QED) is 0.754. The Hall–Kier alpha value is -3.00. The van der Waals surface area contributed by atoms with Gasteiger partial charge in [-0.05, 0) is 30.3 Å². The summed E-state index contributed by atoms with van der Waals surface area (Å²) in [5.41, 5.74) is 5.10. The fraction of sp³-hybridized carbons (Fsp3) is 0.0625. The molecule has 130 valence electrons. The van der Waals surface area contributed by atoms with Crippen molar-refractivity contribution in [3.05, 3.63) is 64.2 Å². The van der Waals surface area contributed by atoms with Gasteiger partial charge in [-0.1, -0.05) is 11.6 Å². The molecule has 0 aromatic heterocycles. The zero-order valence-electron chi connectivity index (χ0n) is 12.6. The number of primary amides is 1. The van der Waals surface area contributed by atoms with Gasteiger partial charge in [-0.3, -0.25) is 14.4 Å². The standard InChI is InChI=1S/C16H12ClF2N3O3/c17-12-6-9(2-4-10(12)15(20)24)22-14(23)7-21-16(25)11-3-1-8(18)5-13(11)19/h1-6H,7H2,(H2,20,24)(H,21,25)(H,22,23). The van der Waals surface area contributed by atoms with Gasteiger partial charge in [0.25, 0.3) is 5.91 Å². The van der Waals surface area contributed by atoms with E-state index in [2.05, 4.69) is 10.6 Å². The molecule has 0 aliphatic carbocycles. The van der Waals surface area contributed by atoms with Crippen molar-refractivity contribution in [2.24, 2.45) is 5.73 Å². The summed E-state index contributed by atoms with van der Waals surface area (Å²) in [7, 11) is 0. The molecule has 0 radical (unpaired) electrons. The van der Waals surface area contributed by atoms with Crippen LogP contribution in [0.4, 0.5) is 14.5 Å². The fourth-order valence-electron chi connectivity index (χ4n) is 1.93. The number of benzene rings is 2. The molecule has 6 nitrogen and oxygen atoms in total. The summed E-state index contributed by atoms with van der Waals surface area (Å²) in [6.07, 6.45) is 0. The van der Waals surface area contributed by atoms with Crippen LogP contribution >= 0.6 is 11.6 Å². The maximum Gasteiger partial charge on any atom is 0.254 e. The second-order valence-corrected chi connectivity index (χ2v) is 5.32. The number of nitrogens with two attached hydrogens (primary N) is 1. The van der Waals surface area contributed by atoms with Crippen LogP contribution in [0.2, 0.25) is 5.02 Å². The van der Waals surface area contributed by atoms with Gasteiger partial charge in [0, 0.05) is 11.8 Å². The monoisotopic (exact) mass is 367 g/mol.